The minimum Gasteiger partial charge on any atom is -0.396 e. The molecule has 1 aromatic heterocycles. The second kappa shape index (κ2) is 6.45. The molecule has 1 atom stereocenters. The van der Waals surface area contributed by atoms with Crippen molar-refractivity contribution in [2.45, 2.75) is 19.8 Å². The summed E-state index contributed by atoms with van der Waals surface area (Å²) in [4.78, 5) is 5.50. The summed E-state index contributed by atoms with van der Waals surface area (Å²) in [6.45, 7) is 2.22. The highest BCUT2D eigenvalue weighted by atomic mass is 79.9. The fourth-order valence-electron chi connectivity index (χ4n) is 1.96. The molecular formula is C14H16BrNOS. The first-order valence-corrected chi connectivity index (χ1v) is 7.55. The van der Waals surface area contributed by atoms with E-state index in [1.54, 1.807) is 11.3 Å². The first-order valence-electron chi connectivity index (χ1n) is 5.94. The van der Waals surface area contributed by atoms with Gasteiger partial charge in [-0.15, -0.1) is 11.3 Å². The summed E-state index contributed by atoms with van der Waals surface area (Å²) in [6.07, 6.45) is 3.70. The zero-order valence-electron chi connectivity index (χ0n) is 10.3. The van der Waals surface area contributed by atoms with Gasteiger partial charge in [-0.05, 0) is 37.3 Å². The van der Waals surface area contributed by atoms with E-state index in [1.165, 1.54) is 10.4 Å². The average molecular weight is 326 g/mol. The first kappa shape index (κ1) is 13.7. The molecule has 2 rings (SSSR count). The lowest BCUT2D eigenvalue weighted by Gasteiger charge is -2.14. The van der Waals surface area contributed by atoms with Crippen molar-refractivity contribution in [2.24, 2.45) is 5.92 Å². The molecule has 0 aliphatic heterocycles. The number of aryl methyl sites for hydroxylation is 1. The molecule has 0 saturated carbocycles. The van der Waals surface area contributed by atoms with Crippen LogP contribution in [-0.2, 0) is 12.8 Å². The normalized spacial score (nSPS) is 12.6. The van der Waals surface area contributed by atoms with Gasteiger partial charge < -0.3 is 5.11 Å². The largest absolute Gasteiger partial charge is 0.396 e. The molecule has 0 saturated heterocycles. The van der Waals surface area contributed by atoms with Crippen molar-refractivity contribution >= 4 is 27.3 Å². The molecule has 4 heteroatoms. The molecule has 0 amide bonds. The van der Waals surface area contributed by atoms with Crippen molar-refractivity contribution in [1.82, 2.24) is 4.98 Å². The van der Waals surface area contributed by atoms with E-state index in [9.17, 15) is 5.11 Å². The van der Waals surface area contributed by atoms with Crippen LogP contribution in [0.2, 0.25) is 0 Å². The van der Waals surface area contributed by atoms with E-state index >= 15 is 0 Å². The molecule has 0 bridgehead atoms. The number of nitrogens with zero attached hydrogens (tertiary/aromatic N) is 1. The smallest absolute Gasteiger partial charge is 0.0896 e. The lowest BCUT2D eigenvalue weighted by atomic mass is 9.96. The molecule has 1 N–H and O–H groups in total. The predicted octanol–water partition coefficient (Wildman–Crippen LogP) is 3.61. The first-order chi connectivity index (χ1) is 8.69. The van der Waals surface area contributed by atoms with Crippen LogP contribution in [0, 0.1) is 12.8 Å². The number of hydrogen-bond acceptors (Lipinski definition) is 3. The molecular weight excluding hydrogens is 310 g/mol. The van der Waals surface area contributed by atoms with Crippen molar-refractivity contribution < 1.29 is 5.11 Å². The Hall–Kier alpha value is -0.710. The van der Waals surface area contributed by atoms with Crippen LogP contribution in [0.25, 0.3) is 0 Å². The van der Waals surface area contributed by atoms with Gasteiger partial charge in [-0.3, -0.25) is 0 Å². The Morgan fingerprint density at radius 2 is 2.11 bits per heavy atom. The fourth-order valence-corrected chi connectivity index (χ4v) is 3.32. The summed E-state index contributed by atoms with van der Waals surface area (Å²) in [6, 6.07) is 8.19. The number of rotatable bonds is 5. The highest BCUT2D eigenvalue weighted by Gasteiger charge is 2.12. The van der Waals surface area contributed by atoms with Gasteiger partial charge in [-0.2, -0.15) is 0 Å². The zero-order valence-corrected chi connectivity index (χ0v) is 12.7. The Kier molecular flexibility index (Phi) is 4.92. The number of aliphatic hydroxyl groups is 1. The van der Waals surface area contributed by atoms with Gasteiger partial charge in [0.1, 0.15) is 0 Å². The van der Waals surface area contributed by atoms with E-state index in [4.69, 9.17) is 0 Å². The molecule has 0 aliphatic rings. The Morgan fingerprint density at radius 3 is 2.72 bits per heavy atom. The van der Waals surface area contributed by atoms with Crippen LogP contribution in [-0.4, -0.2) is 16.7 Å². The van der Waals surface area contributed by atoms with Crippen LogP contribution in [0.1, 0.15) is 15.4 Å². The minimum absolute atomic E-state index is 0.207. The summed E-state index contributed by atoms with van der Waals surface area (Å²) in [5.41, 5.74) is 1.25. The van der Waals surface area contributed by atoms with E-state index in [0.29, 0.717) is 0 Å². The maximum Gasteiger partial charge on any atom is 0.0896 e. The van der Waals surface area contributed by atoms with Crippen molar-refractivity contribution in [3.63, 3.8) is 0 Å². The Labute approximate surface area is 120 Å². The van der Waals surface area contributed by atoms with E-state index < -0.39 is 0 Å². The Morgan fingerprint density at radius 1 is 1.33 bits per heavy atom. The third-order valence-corrected chi connectivity index (χ3v) is 4.59. The zero-order chi connectivity index (χ0) is 13.0. The third-order valence-electron chi connectivity index (χ3n) is 2.88. The molecule has 1 heterocycles. The van der Waals surface area contributed by atoms with E-state index in [1.807, 2.05) is 31.3 Å². The van der Waals surface area contributed by atoms with Crippen LogP contribution < -0.4 is 0 Å². The number of benzene rings is 1. The monoisotopic (exact) mass is 325 g/mol. The van der Waals surface area contributed by atoms with Crippen LogP contribution in [0.5, 0.6) is 0 Å². The van der Waals surface area contributed by atoms with Gasteiger partial charge in [0, 0.05) is 22.2 Å². The molecule has 0 spiro atoms. The van der Waals surface area contributed by atoms with Crippen molar-refractivity contribution in [3.05, 3.63) is 50.4 Å². The van der Waals surface area contributed by atoms with Crippen LogP contribution in [0.4, 0.5) is 0 Å². The SMILES string of the molecule is Cc1ncc(CC(CO)Cc2ccccc2Br)s1. The molecule has 1 aromatic carbocycles. The minimum atomic E-state index is 0.207. The molecule has 1 unspecified atom stereocenters. The van der Waals surface area contributed by atoms with E-state index in [2.05, 4.69) is 27.0 Å². The van der Waals surface area contributed by atoms with Crippen LogP contribution in [0.15, 0.2) is 34.9 Å². The predicted molar refractivity (Wildman–Crippen MR) is 79.0 cm³/mol. The van der Waals surface area contributed by atoms with Crippen LogP contribution >= 0.6 is 27.3 Å². The number of hydrogen-bond donors (Lipinski definition) is 1. The van der Waals surface area contributed by atoms with Crippen molar-refractivity contribution in [1.29, 1.82) is 0 Å². The number of halogens is 1. The van der Waals surface area contributed by atoms with Gasteiger partial charge >= 0.3 is 0 Å². The number of thiazole rings is 1. The summed E-state index contributed by atoms with van der Waals surface area (Å²) >= 11 is 5.26. The van der Waals surface area contributed by atoms with E-state index in [-0.39, 0.29) is 12.5 Å². The van der Waals surface area contributed by atoms with Gasteiger partial charge in [-0.1, -0.05) is 34.1 Å². The van der Waals surface area contributed by atoms with Gasteiger partial charge in [0.15, 0.2) is 0 Å². The summed E-state index contributed by atoms with van der Waals surface area (Å²) in [5.74, 6) is 0.253. The second-order valence-electron chi connectivity index (χ2n) is 4.39. The number of aliphatic hydroxyl groups excluding tert-OH is 1. The summed E-state index contributed by atoms with van der Waals surface area (Å²) in [7, 11) is 0. The number of aromatic nitrogens is 1. The topological polar surface area (TPSA) is 33.1 Å². The lowest BCUT2D eigenvalue weighted by molar-refractivity contribution is 0.225. The maximum atomic E-state index is 9.52. The second-order valence-corrected chi connectivity index (χ2v) is 6.57. The Balaban J connectivity index is 2.04. The molecule has 0 radical (unpaired) electrons. The van der Waals surface area contributed by atoms with Crippen molar-refractivity contribution in [2.75, 3.05) is 6.61 Å². The van der Waals surface area contributed by atoms with Gasteiger partial charge in [0.2, 0.25) is 0 Å². The lowest BCUT2D eigenvalue weighted by Crippen LogP contribution is -2.12. The molecule has 0 fully saturated rings. The molecule has 2 aromatic rings. The molecule has 96 valence electrons. The molecule has 2 nitrogen and oxygen atoms in total. The summed E-state index contributed by atoms with van der Waals surface area (Å²) < 4.78 is 1.11. The molecule has 0 aliphatic carbocycles. The van der Waals surface area contributed by atoms with Crippen LogP contribution in [0.3, 0.4) is 0 Å². The van der Waals surface area contributed by atoms with Crippen molar-refractivity contribution in [3.8, 4) is 0 Å². The summed E-state index contributed by atoms with van der Waals surface area (Å²) in [5, 5.41) is 10.6. The highest BCUT2D eigenvalue weighted by molar-refractivity contribution is 9.10. The maximum absolute atomic E-state index is 9.52. The highest BCUT2D eigenvalue weighted by Crippen LogP contribution is 2.23. The quantitative estimate of drug-likeness (QED) is 0.910. The fraction of sp³-hybridized carbons (Fsp3) is 0.357. The average Bonchev–Trinajstić information content (AvgIpc) is 2.76. The standard InChI is InChI=1S/C14H16BrNOS/c1-10-16-8-13(18-10)7-11(9-17)6-12-4-2-3-5-14(12)15/h2-5,8,11,17H,6-7,9H2,1H3. The van der Waals surface area contributed by atoms with Gasteiger partial charge in [0.05, 0.1) is 5.01 Å². The van der Waals surface area contributed by atoms with E-state index in [0.717, 1.165) is 22.3 Å². The van der Waals surface area contributed by atoms with Gasteiger partial charge in [-0.25, -0.2) is 4.98 Å². The van der Waals surface area contributed by atoms with Gasteiger partial charge in [0.25, 0.3) is 0 Å². The third kappa shape index (κ3) is 3.64. The molecule has 18 heavy (non-hydrogen) atoms. The Bertz CT molecular complexity index is 512.